The molecule has 0 unspecified atom stereocenters. The molecule has 7 nitrogen and oxygen atoms in total. The van der Waals surface area contributed by atoms with Gasteiger partial charge in [-0.3, -0.25) is 10.1 Å². The number of hydrogen-bond donors (Lipinski definition) is 2. The van der Waals surface area contributed by atoms with Gasteiger partial charge in [-0.2, -0.15) is 0 Å². The first-order chi connectivity index (χ1) is 12.6. The number of hydrogen-bond acceptors (Lipinski definition) is 4. The second-order valence-corrected chi connectivity index (χ2v) is 5.61. The van der Waals surface area contributed by atoms with Gasteiger partial charge in [0.25, 0.3) is 5.69 Å². The molecule has 7 heteroatoms. The van der Waals surface area contributed by atoms with Crippen molar-refractivity contribution in [1.82, 2.24) is 10.6 Å². The van der Waals surface area contributed by atoms with Gasteiger partial charge in [-0.15, -0.1) is 0 Å². The third kappa shape index (κ3) is 5.77. The highest BCUT2D eigenvalue weighted by Gasteiger charge is 2.05. The van der Waals surface area contributed by atoms with Gasteiger partial charge in [0.05, 0.1) is 18.6 Å². The average Bonchev–Trinajstić information content (AvgIpc) is 2.66. The molecule has 2 rings (SSSR count). The van der Waals surface area contributed by atoms with Crippen LogP contribution in [0.1, 0.15) is 18.1 Å². The van der Waals surface area contributed by atoms with Crippen molar-refractivity contribution in [3.05, 3.63) is 69.8 Å². The molecule has 2 aromatic carbocycles. The Kier molecular flexibility index (Phi) is 7.42. The summed E-state index contributed by atoms with van der Waals surface area (Å²) in [6.45, 7) is 3.92. The number of aliphatic imine (C=N–C) groups is 1. The number of rotatable bonds is 8. The Morgan fingerprint density at radius 2 is 1.88 bits per heavy atom. The van der Waals surface area contributed by atoms with Gasteiger partial charge in [0.1, 0.15) is 5.75 Å². The first kappa shape index (κ1) is 19.2. The van der Waals surface area contributed by atoms with Crippen LogP contribution in [-0.4, -0.2) is 31.1 Å². The lowest BCUT2D eigenvalue weighted by Crippen LogP contribution is -2.38. The second kappa shape index (κ2) is 10.0. The summed E-state index contributed by atoms with van der Waals surface area (Å²) in [5.74, 6) is 1.59. The van der Waals surface area contributed by atoms with E-state index in [-0.39, 0.29) is 5.69 Å². The third-order valence-corrected chi connectivity index (χ3v) is 3.79. The van der Waals surface area contributed by atoms with Crippen LogP contribution in [0.5, 0.6) is 5.75 Å². The molecule has 0 aliphatic carbocycles. The Bertz CT molecular complexity index is 745. The Labute approximate surface area is 153 Å². The van der Waals surface area contributed by atoms with Crippen LogP contribution in [0.15, 0.2) is 53.5 Å². The minimum absolute atomic E-state index is 0.0829. The Morgan fingerprint density at radius 1 is 1.15 bits per heavy atom. The largest absolute Gasteiger partial charge is 0.496 e. The number of non-ortho nitro benzene ring substituents is 1. The maximum Gasteiger partial charge on any atom is 0.269 e. The number of nitro benzene ring substituents is 1. The molecular formula is C19H24N4O3. The van der Waals surface area contributed by atoms with Crippen molar-refractivity contribution in [1.29, 1.82) is 0 Å². The molecule has 0 aliphatic heterocycles. The highest BCUT2D eigenvalue weighted by Crippen LogP contribution is 2.17. The molecule has 0 radical (unpaired) electrons. The van der Waals surface area contributed by atoms with Crippen LogP contribution >= 0.6 is 0 Å². The first-order valence-corrected chi connectivity index (χ1v) is 8.51. The van der Waals surface area contributed by atoms with Gasteiger partial charge in [-0.1, -0.05) is 30.3 Å². The molecule has 0 fully saturated rings. The van der Waals surface area contributed by atoms with E-state index in [1.54, 1.807) is 19.2 Å². The molecule has 0 amide bonds. The van der Waals surface area contributed by atoms with E-state index in [0.29, 0.717) is 19.0 Å². The van der Waals surface area contributed by atoms with Crippen molar-refractivity contribution in [2.45, 2.75) is 19.9 Å². The molecule has 0 aromatic heterocycles. The molecule has 26 heavy (non-hydrogen) atoms. The number of para-hydroxylation sites is 1. The van der Waals surface area contributed by atoms with Crippen LogP contribution < -0.4 is 15.4 Å². The summed E-state index contributed by atoms with van der Waals surface area (Å²) < 4.78 is 5.36. The van der Waals surface area contributed by atoms with Crippen molar-refractivity contribution >= 4 is 11.6 Å². The third-order valence-electron chi connectivity index (χ3n) is 3.79. The predicted octanol–water partition coefficient (Wildman–Crippen LogP) is 2.90. The van der Waals surface area contributed by atoms with Crippen molar-refractivity contribution in [2.24, 2.45) is 4.99 Å². The SMILES string of the molecule is CCNC(=NCc1ccc([N+](=O)[O-])cc1)NCCc1ccccc1OC. The Balaban J connectivity index is 1.92. The van der Waals surface area contributed by atoms with Gasteiger partial charge in [-0.05, 0) is 30.5 Å². The van der Waals surface area contributed by atoms with Crippen LogP contribution in [0.3, 0.4) is 0 Å². The standard InChI is InChI=1S/C19H24N4O3/c1-3-20-19(21-13-12-16-6-4-5-7-18(16)26-2)22-14-15-8-10-17(11-9-15)23(24)25/h4-11H,3,12-14H2,1-2H3,(H2,20,21,22). The fourth-order valence-electron chi connectivity index (χ4n) is 2.46. The van der Waals surface area contributed by atoms with Crippen molar-refractivity contribution < 1.29 is 9.66 Å². The summed E-state index contributed by atoms with van der Waals surface area (Å²) >= 11 is 0. The van der Waals surface area contributed by atoms with Gasteiger partial charge in [0.15, 0.2) is 5.96 Å². The van der Waals surface area contributed by atoms with Crippen LogP contribution in [0.2, 0.25) is 0 Å². The van der Waals surface area contributed by atoms with Crippen LogP contribution in [-0.2, 0) is 13.0 Å². The highest BCUT2D eigenvalue weighted by molar-refractivity contribution is 5.79. The van der Waals surface area contributed by atoms with E-state index in [9.17, 15) is 10.1 Å². The van der Waals surface area contributed by atoms with Gasteiger partial charge in [0, 0.05) is 25.2 Å². The molecule has 0 spiro atoms. The van der Waals surface area contributed by atoms with E-state index in [1.807, 2.05) is 31.2 Å². The lowest BCUT2D eigenvalue weighted by molar-refractivity contribution is -0.384. The Hall–Kier alpha value is -3.09. The van der Waals surface area contributed by atoms with Gasteiger partial charge in [-0.25, -0.2) is 4.99 Å². The highest BCUT2D eigenvalue weighted by atomic mass is 16.6. The minimum Gasteiger partial charge on any atom is -0.496 e. The Morgan fingerprint density at radius 3 is 2.54 bits per heavy atom. The molecule has 2 aromatic rings. The summed E-state index contributed by atoms with van der Waals surface area (Å²) in [5.41, 5.74) is 2.13. The smallest absolute Gasteiger partial charge is 0.269 e. The molecule has 0 bridgehead atoms. The molecule has 138 valence electrons. The average molecular weight is 356 g/mol. The van der Waals surface area contributed by atoms with Crippen molar-refractivity contribution in [3.8, 4) is 5.75 Å². The lowest BCUT2D eigenvalue weighted by Gasteiger charge is -2.12. The monoisotopic (exact) mass is 356 g/mol. The first-order valence-electron chi connectivity index (χ1n) is 8.51. The molecule has 0 saturated heterocycles. The van der Waals surface area contributed by atoms with E-state index in [1.165, 1.54) is 12.1 Å². The van der Waals surface area contributed by atoms with E-state index in [2.05, 4.69) is 15.6 Å². The molecule has 0 atom stereocenters. The van der Waals surface area contributed by atoms with E-state index >= 15 is 0 Å². The molecule has 0 heterocycles. The fraction of sp³-hybridized carbons (Fsp3) is 0.316. The summed E-state index contributed by atoms with van der Waals surface area (Å²) in [6.07, 6.45) is 0.811. The topological polar surface area (TPSA) is 88.8 Å². The second-order valence-electron chi connectivity index (χ2n) is 5.61. The molecular weight excluding hydrogens is 332 g/mol. The van der Waals surface area contributed by atoms with Crippen molar-refractivity contribution in [3.63, 3.8) is 0 Å². The number of methoxy groups -OCH3 is 1. The summed E-state index contributed by atoms with van der Waals surface area (Å²) in [7, 11) is 1.67. The molecule has 2 N–H and O–H groups in total. The number of nitrogens with one attached hydrogen (secondary N) is 2. The number of guanidine groups is 1. The maximum absolute atomic E-state index is 10.7. The number of benzene rings is 2. The normalized spacial score (nSPS) is 11.1. The summed E-state index contributed by atoms with van der Waals surface area (Å²) in [6, 6.07) is 14.4. The zero-order valence-electron chi connectivity index (χ0n) is 15.1. The van der Waals surface area contributed by atoms with E-state index < -0.39 is 4.92 Å². The molecule has 0 saturated carbocycles. The molecule has 0 aliphatic rings. The predicted molar refractivity (Wildman–Crippen MR) is 103 cm³/mol. The number of ether oxygens (including phenoxy) is 1. The van der Waals surface area contributed by atoms with Crippen LogP contribution in [0, 0.1) is 10.1 Å². The quantitative estimate of drug-likeness (QED) is 0.329. The zero-order chi connectivity index (χ0) is 18.8. The number of nitrogens with zero attached hydrogens (tertiary/aromatic N) is 2. The van der Waals surface area contributed by atoms with Crippen LogP contribution in [0.25, 0.3) is 0 Å². The van der Waals surface area contributed by atoms with E-state index in [0.717, 1.165) is 29.8 Å². The number of nitro groups is 1. The zero-order valence-corrected chi connectivity index (χ0v) is 15.1. The van der Waals surface area contributed by atoms with Gasteiger partial charge in [0.2, 0.25) is 0 Å². The van der Waals surface area contributed by atoms with E-state index in [4.69, 9.17) is 4.74 Å². The van der Waals surface area contributed by atoms with Crippen molar-refractivity contribution in [2.75, 3.05) is 20.2 Å². The lowest BCUT2D eigenvalue weighted by atomic mass is 10.1. The maximum atomic E-state index is 10.7. The van der Waals surface area contributed by atoms with Gasteiger partial charge >= 0.3 is 0 Å². The summed E-state index contributed by atoms with van der Waals surface area (Å²) in [4.78, 5) is 14.8. The van der Waals surface area contributed by atoms with Gasteiger partial charge < -0.3 is 15.4 Å². The summed E-state index contributed by atoms with van der Waals surface area (Å²) in [5, 5.41) is 17.2. The fourth-order valence-corrected chi connectivity index (χ4v) is 2.46. The minimum atomic E-state index is -0.406. The van der Waals surface area contributed by atoms with Crippen LogP contribution in [0.4, 0.5) is 5.69 Å².